The van der Waals surface area contributed by atoms with Crippen LogP contribution >= 0.6 is 0 Å². The van der Waals surface area contributed by atoms with E-state index in [0.717, 1.165) is 43.2 Å². The maximum Gasteiger partial charge on any atom is 0.194 e. The van der Waals surface area contributed by atoms with Gasteiger partial charge in [0.25, 0.3) is 0 Å². The Morgan fingerprint density at radius 2 is 1.76 bits per heavy atom. The van der Waals surface area contributed by atoms with E-state index >= 15 is 0 Å². The summed E-state index contributed by atoms with van der Waals surface area (Å²) in [5, 5.41) is 9.28. The van der Waals surface area contributed by atoms with Crippen LogP contribution in [0.25, 0.3) is 0 Å². The SMILES string of the molecule is C1COCCO1.CCc1c(CCc2ccc(OC)cc2C#N)[nH]c(OC)cc1=O. The summed E-state index contributed by atoms with van der Waals surface area (Å²) in [7, 11) is 3.10. The van der Waals surface area contributed by atoms with Crippen molar-refractivity contribution in [3.63, 3.8) is 0 Å². The number of nitrogens with one attached hydrogen (secondary N) is 1. The Kier molecular flexibility index (Phi) is 9.22. The number of ether oxygens (including phenoxy) is 4. The monoisotopic (exact) mass is 400 g/mol. The van der Waals surface area contributed by atoms with Crippen LogP contribution in [0, 0.1) is 11.3 Å². The van der Waals surface area contributed by atoms with Crippen molar-refractivity contribution in [2.24, 2.45) is 0 Å². The van der Waals surface area contributed by atoms with Crippen LogP contribution in [0.2, 0.25) is 0 Å². The molecule has 156 valence electrons. The van der Waals surface area contributed by atoms with Crippen molar-refractivity contribution in [1.82, 2.24) is 4.98 Å². The third-order valence-corrected chi connectivity index (χ3v) is 4.60. The Bertz CT molecular complexity index is 870. The van der Waals surface area contributed by atoms with E-state index in [0.29, 0.717) is 36.5 Å². The van der Waals surface area contributed by atoms with Gasteiger partial charge in [-0.05, 0) is 37.0 Å². The third kappa shape index (κ3) is 6.63. The molecule has 0 amide bonds. The summed E-state index contributed by atoms with van der Waals surface area (Å²) < 4.78 is 20.2. The van der Waals surface area contributed by atoms with Gasteiger partial charge < -0.3 is 23.9 Å². The van der Waals surface area contributed by atoms with E-state index in [1.807, 2.05) is 19.1 Å². The predicted octanol–water partition coefficient (Wildman–Crippen LogP) is 2.64. The fraction of sp³-hybridized carbons (Fsp3) is 0.455. The lowest BCUT2D eigenvalue weighted by Gasteiger charge is -2.11. The zero-order valence-electron chi connectivity index (χ0n) is 17.2. The number of rotatable bonds is 6. The van der Waals surface area contributed by atoms with Crippen molar-refractivity contribution in [1.29, 1.82) is 5.26 Å². The van der Waals surface area contributed by atoms with Gasteiger partial charge in [0.05, 0.1) is 52.3 Å². The highest BCUT2D eigenvalue weighted by atomic mass is 16.6. The van der Waals surface area contributed by atoms with Gasteiger partial charge in [-0.1, -0.05) is 13.0 Å². The van der Waals surface area contributed by atoms with E-state index in [9.17, 15) is 10.1 Å². The van der Waals surface area contributed by atoms with Gasteiger partial charge in [0, 0.05) is 17.3 Å². The Balaban J connectivity index is 0.000000426. The summed E-state index contributed by atoms with van der Waals surface area (Å²) >= 11 is 0. The summed E-state index contributed by atoms with van der Waals surface area (Å²) in [5.41, 5.74) is 3.12. The topological polar surface area (TPSA) is 93.6 Å². The number of aromatic nitrogens is 1. The van der Waals surface area contributed by atoms with Crippen LogP contribution in [0.3, 0.4) is 0 Å². The molecule has 0 atom stereocenters. The van der Waals surface area contributed by atoms with Crippen LogP contribution in [0.1, 0.15) is 29.3 Å². The number of benzene rings is 1. The minimum atomic E-state index is -0.0201. The molecule has 7 nitrogen and oxygen atoms in total. The van der Waals surface area contributed by atoms with Crippen molar-refractivity contribution >= 4 is 0 Å². The van der Waals surface area contributed by atoms with Crippen molar-refractivity contribution in [3.05, 3.63) is 56.9 Å². The number of H-pyrrole nitrogens is 1. The molecule has 1 saturated heterocycles. The minimum absolute atomic E-state index is 0.0201. The first kappa shape index (κ1) is 22.5. The number of aryl methyl sites for hydroxylation is 2. The number of nitrogens with zero attached hydrogens (tertiary/aromatic N) is 1. The fourth-order valence-electron chi connectivity index (χ4n) is 3.03. The lowest BCUT2D eigenvalue weighted by molar-refractivity contribution is -0.0334. The van der Waals surface area contributed by atoms with Gasteiger partial charge in [-0.15, -0.1) is 0 Å². The molecule has 2 aromatic rings. The van der Waals surface area contributed by atoms with Gasteiger partial charge in [-0.3, -0.25) is 4.79 Å². The molecule has 1 aliphatic heterocycles. The molecule has 1 aromatic carbocycles. The summed E-state index contributed by atoms with van der Waals surface area (Å²) in [5.74, 6) is 1.12. The Labute approximate surface area is 171 Å². The normalized spacial score (nSPS) is 13.0. The standard InChI is InChI=1S/C18H20N2O3.C4H8O2/c1-4-15-16(20-18(23-3)10-17(15)21)8-6-12-5-7-14(22-2)9-13(12)11-19;1-2-6-4-3-5-1/h5,7,9-10H,4,6,8H2,1-3H3,(H,20,21);1-4H2. The van der Waals surface area contributed by atoms with Crippen LogP contribution in [0.5, 0.6) is 11.6 Å². The molecule has 0 aliphatic carbocycles. The quantitative estimate of drug-likeness (QED) is 0.801. The number of aromatic amines is 1. The van der Waals surface area contributed by atoms with E-state index in [4.69, 9.17) is 18.9 Å². The molecule has 0 bridgehead atoms. The van der Waals surface area contributed by atoms with Crippen LogP contribution in [-0.4, -0.2) is 45.6 Å². The lowest BCUT2D eigenvalue weighted by atomic mass is 9.99. The molecule has 29 heavy (non-hydrogen) atoms. The van der Waals surface area contributed by atoms with Gasteiger partial charge in [0.1, 0.15) is 5.75 Å². The average Bonchev–Trinajstić information content (AvgIpc) is 2.78. The highest BCUT2D eigenvalue weighted by molar-refractivity contribution is 5.43. The first-order valence-electron chi connectivity index (χ1n) is 9.64. The summed E-state index contributed by atoms with van der Waals surface area (Å²) in [6.45, 7) is 5.06. The molecule has 2 heterocycles. The first-order valence-corrected chi connectivity index (χ1v) is 9.64. The molecule has 1 fully saturated rings. The molecule has 1 aromatic heterocycles. The summed E-state index contributed by atoms with van der Waals surface area (Å²) in [6.07, 6.45) is 1.95. The maximum absolute atomic E-state index is 12.1. The minimum Gasteiger partial charge on any atom is -0.497 e. The van der Waals surface area contributed by atoms with E-state index < -0.39 is 0 Å². The van der Waals surface area contributed by atoms with Crippen LogP contribution < -0.4 is 14.9 Å². The summed E-state index contributed by atoms with van der Waals surface area (Å²) in [4.78, 5) is 15.3. The molecule has 0 radical (unpaired) electrons. The second-order valence-corrected chi connectivity index (χ2v) is 6.37. The molecule has 3 rings (SSSR count). The number of hydrogen-bond donors (Lipinski definition) is 1. The molecular weight excluding hydrogens is 372 g/mol. The number of methoxy groups -OCH3 is 2. The van der Waals surface area contributed by atoms with Crippen LogP contribution in [-0.2, 0) is 28.7 Å². The Morgan fingerprint density at radius 3 is 2.28 bits per heavy atom. The van der Waals surface area contributed by atoms with Gasteiger partial charge in [0.15, 0.2) is 11.3 Å². The Morgan fingerprint density at radius 1 is 1.07 bits per heavy atom. The molecular formula is C22H28N2O5. The number of hydrogen-bond acceptors (Lipinski definition) is 6. The zero-order chi connectivity index (χ0) is 21.1. The highest BCUT2D eigenvalue weighted by Crippen LogP contribution is 2.19. The van der Waals surface area contributed by atoms with E-state index in [1.54, 1.807) is 13.2 Å². The molecule has 0 spiro atoms. The third-order valence-electron chi connectivity index (χ3n) is 4.60. The van der Waals surface area contributed by atoms with Crippen molar-refractivity contribution in [2.75, 3.05) is 40.6 Å². The summed E-state index contributed by atoms with van der Waals surface area (Å²) in [6, 6.07) is 9.12. The molecule has 0 unspecified atom stereocenters. The van der Waals surface area contributed by atoms with E-state index in [2.05, 4.69) is 11.1 Å². The highest BCUT2D eigenvalue weighted by Gasteiger charge is 2.11. The molecule has 1 aliphatic rings. The first-order chi connectivity index (χ1) is 14.1. The van der Waals surface area contributed by atoms with Crippen LogP contribution in [0.15, 0.2) is 29.1 Å². The Hall–Kier alpha value is -2.82. The van der Waals surface area contributed by atoms with Gasteiger partial charge in [-0.25, -0.2) is 0 Å². The number of nitriles is 1. The molecule has 0 saturated carbocycles. The van der Waals surface area contributed by atoms with Crippen molar-refractivity contribution in [2.45, 2.75) is 26.2 Å². The second kappa shape index (κ2) is 11.9. The predicted molar refractivity (Wildman–Crippen MR) is 110 cm³/mol. The molecule has 1 N–H and O–H groups in total. The van der Waals surface area contributed by atoms with Crippen molar-refractivity contribution < 1.29 is 18.9 Å². The molecule has 7 heteroatoms. The second-order valence-electron chi connectivity index (χ2n) is 6.37. The number of pyridine rings is 1. The largest absolute Gasteiger partial charge is 0.497 e. The smallest absolute Gasteiger partial charge is 0.194 e. The fourth-order valence-corrected chi connectivity index (χ4v) is 3.03. The average molecular weight is 400 g/mol. The van der Waals surface area contributed by atoms with E-state index in [-0.39, 0.29) is 5.43 Å². The van der Waals surface area contributed by atoms with Crippen molar-refractivity contribution in [3.8, 4) is 17.7 Å². The van der Waals surface area contributed by atoms with Crippen LogP contribution in [0.4, 0.5) is 0 Å². The van der Waals surface area contributed by atoms with Gasteiger partial charge in [0.2, 0.25) is 0 Å². The van der Waals surface area contributed by atoms with Gasteiger partial charge >= 0.3 is 0 Å². The lowest BCUT2D eigenvalue weighted by Crippen LogP contribution is -2.16. The van der Waals surface area contributed by atoms with E-state index in [1.165, 1.54) is 13.2 Å². The maximum atomic E-state index is 12.1. The zero-order valence-corrected chi connectivity index (χ0v) is 17.2. The van der Waals surface area contributed by atoms with Gasteiger partial charge in [-0.2, -0.15) is 5.26 Å².